The number of amides is 1. The van der Waals surface area contributed by atoms with Gasteiger partial charge in [-0.3, -0.25) is 14.5 Å². The van der Waals surface area contributed by atoms with Gasteiger partial charge < -0.3 is 4.90 Å². The molecule has 0 atom stereocenters. The van der Waals surface area contributed by atoms with Crippen LogP contribution >= 0.6 is 11.6 Å². The van der Waals surface area contributed by atoms with E-state index in [0.717, 1.165) is 10.6 Å². The largest absolute Gasteiger partial charge is 0.341 e. The molecule has 1 saturated heterocycles. The third kappa shape index (κ3) is 4.05. The average Bonchev–Trinajstić information content (AvgIpc) is 2.42. The van der Waals surface area contributed by atoms with Crippen LogP contribution in [0.25, 0.3) is 0 Å². The van der Waals surface area contributed by atoms with Gasteiger partial charge in [0.25, 0.3) is 0 Å². The highest BCUT2D eigenvalue weighted by Crippen LogP contribution is 2.16. The molecular formula is C15H19ClN2O2. The van der Waals surface area contributed by atoms with Gasteiger partial charge in [-0.25, -0.2) is 0 Å². The quantitative estimate of drug-likeness (QED) is 0.852. The van der Waals surface area contributed by atoms with E-state index in [0.29, 0.717) is 39.0 Å². The van der Waals surface area contributed by atoms with Crippen molar-refractivity contribution in [1.82, 2.24) is 9.80 Å². The summed E-state index contributed by atoms with van der Waals surface area (Å²) >= 11 is 6.11. The van der Waals surface area contributed by atoms with Crippen LogP contribution in [0, 0.1) is 0 Å². The number of likely N-dealkylation sites (tertiary alicyclic amines) is 1. The SMILES string of the molecule is CN(CC(=O)N1CCC(=O)CC1)Cc1ccccc1Cl. The van der Waals surface area contributed by atoms with E-state index in [1.807, 2.05) is 36.2 Å². The normalized spacial score (nSPS) is 15.8. The molecule has 1 aromatic rings. The van der Waals surface area contributed by atoms with Crippen LogP contribution in [0.1, 0.15) is 18.4 Å². The Morgan fingerprint density at radius 3 is 2.60 bits per heavy atom. The molecule has 0 saturated carbocycles. The molecule has 1 fully saturated rings. The molecular weight excluding hydrogens is 276 g/mol. The fourth-order valence-electron chi connectivity index (χ4n) is 2.31. The molecule has 1 aromatic carbocycles. The van der Waals surface area contributed by atoms with Gasteiger partial charge in [0, 0.05) is 37.5 Å². The number of hydrogen-bond acceptors (Lipinski definition) is 3. The highest BCUT2D eigenvalue weighted by atomic mass is 35.5. The molecule has 1 amide bonds. The lowest BCUT2D eigenvalue weighted by atomic mass is 10.1. The van der Waals surface area contributed by atoms with Crippen LogP contribution in [0.5, 0.6) is 0 Å². The van der Waals surface area contributed by atoms with Crippen molar-refractivity contribution in [3.8, 4) is 0 Å². The number of carbonyl (C=O) groups excluding carboxylic acids is 2. The van der Waals surface area contributed by atoms with E-state index >= 15 is 0 Å². The zero-order valence-corrected chi connectivity index (χ0v) is 12.4. The lowest BCUT2D eigenvalue weighted by molar-refractivity contribution is -0.135. The summed E-state index contributed by atoms with van der Waals surface area (Å²) in [5, 5.41) is 0.718. The van der Waals surface area contributed by atoms with E-state index in [1.54, 1.807) is 4.90 Å². The maximum atomic E-state index is 12.1. The van der Waals surface area contributed by atoms with Gasteiger partial charge in [0.05, 0.1) is 6.54 Å². The third-order valence-electron chi connectivity index (χ3n) is 3.48. The summed E-state index contributed by atoms with van der Waals surface area (Å²) in [5.74, 6) is 0.325. The Bertz CT molecular complexity index is 494. The van der Waals surface area contributed by atoms with Gasteiger partial charge in [0.1, 0.15) is 5.78 Å². The van der Waals surface area contributed by atoms with Crippen molar-refractivity contribution in [3.63, 3.8) is 0 Å². The van der Waals surface area contributed by atoms with Crippen molar-refractivity contribution in [2.24, 2.45) is 0 Å². The minimum Gasteiger partial charge on any atom is -0.341 e. The van der Waals surface area contributed by atoms with Crippen molar-refractivity contribution in [2.75, 3.05) is 26.7 Å². The minimum atomic E-state index is 0.0760. The zero-order valence-electron chi connectivity index (χ0n) is 11.6. The molecule has 1 aliphatic heterocycles. The molecule has 0 N–H and O–H groups in total. The van der Waals surface area contributed by atoms with Crippen LogP contribution in [0.2, 0.25) is 5.02 Å². The summed E-state index contributed by atoms with van der Waals surface area (Å²) in [6.45, 7) is 2.09. The Balaban J connectivity index is 1.85. The average molecular weight is 295 g/mol. The third-order valence-corrected chi connectivity index (χ3v) is 3.85. The minimum absolute atomic E-state index is 0.0760. The number of halogens is 1. The van der Waals surface area contributed by atoms with Crippen LogP contribution in [-0.4, -0.2) is 48.2 Å². The molecule has 2 rings (SSSR count). The Labute approximate surface area is 124 Å². The number of nitrogens with zero attached hydrogens (tertiary/aromatic N) is 2. The molecule has 1 aliphatic rings. The second-order valence-electron chi connectivity index (χ2n) is 5.18. The summed E-state index contributed by atoms with van der Waals surface area (Å²) in [7, 11) is 1.90. The number of rotatable bonds is 4. The highest BCUT2D eigenvalue weighted by Gasteiger charge is 2.21. The van der Waals surface area contributed by atoms with Crippen LogP contribution in [0.4, 0.5) is 0 Å². The maximum absolute atomic E-state index is 12.1. The fraction of sp³-hybridized carbons (Fsp3) is 0.467. The first-order valence-corrected chi connectivity index (χ1v) is 7.15. The van der Waals surface area contributed by atoms with Crippen LogP contribution in [0.3, 0.4) is 0 Å². The second-order valence-corrected chi connectivity index (χ2v) is 5.59. The van der Waals surface area contributed by atoms with Crippen molar-refractivity contribution in [2.45, 2.75) is 19.4 Å². The highest BCUT2D eigenvalue weighted by molar-refractivity contribution is 6.31. The molecule has 0 unspecified atom stereocenters. The molecule has 5 heteroatoms. The maximum Gasteiger partial charge on any atom is 0.236 e. The topological polar surface area (TPSA) is 40.6 Å². The number of likely N-dealkylation sites (N-methyl/N-ethyl adjacent to an activating group) is 1. The van der Waals surface area contributed by atoms with E-state index in [4.69, 9.17) is 11.6 Å². The number of ketones is 1. The Morgan fingerprint density at radius 2 is 1.95 bits per heavy atom. The smallest absolute Gasteiger partial charge is 0.236 e. The number of hydrogen-bond donors (Lipinski definition) is 0. The van der Waals surface area contributed by atoms with Gasteiger partial charge >= 0.3 is 0 Å². The predicted octanol–water partition coefficient (Wildman–Crippen LogP) is 1.96. The number of piperidine rings is 1. The molecule has 0 aromatic heterocycles. The van der Waals surface area contributed by atoms with Gasteiger partial charge in [-0.05, 0) is 18.7 Å². The van der Waals surface area contributed by atoms with Crippen LogP contribution in [0.15, 0.2) is 24.3 Å². The van der Waals surface area contributed by atoms with Gasteiger partial charge in [-0.1, -0.05) is 29.8 Å². The first-order valence-electron chi connectivity index (χ1n) is 6.77. The van der Waals surface area contributed by atoms with E-state index < -0.39 is 0 Å². The van der Waals surface area contributed by atoms with Crippen molar-refractivity contribution in [1.29, 1.82) is 0 Å². The first kappa shape index (κ1) is 15.0. The predicted molar refractivity (Wildman–Crippen MR) is 78.6 cm³/mol. The van der Waals surface area contributed by atoms with Gasteiger partial charge in [0.2, 0.25) is 5.91 Å². The molecule has 0 bridgehead atoms. The summed E-state index contributed by atoms with van der Waals surface area (Å²) < 4.78 is 0. The van der Waals surface area contributed by atoms with Gasteiger partial charge in [-0.2, -0.15) is 0 Å². The second kappa shape index (κ2) is 6.86. The van der Waals surface area contributed by atoms with Gasteiger partial charge in [-0.15, -0.1) is 0 Å². The number of benzene rings is 1. The molecule has 0 radical (unpaired) electrons. The summed E-state index contributed by atoms with van der Waals surface area (Å²) in [4.78, 5) is 27.0. The van der Waals surface area contributed by atoms with Crippen molar-refractivity contribution < 1.29 is 9.59 Å². The van der Waals surface area contributed by atoms with Crippen molar-refractivity contribution >= 4 is 23.3 Å². The number of carbonyl (C=O) groups is 2. The fourth-order valence-corrected chi connectivity index (χ4v) is 2.51. The molecule has 108 valence electrons. The lowest BCUT2D eigenvalue weighted by Gasteiger charge is -2.28. The van der Waals surface area contributed by atoms with Crippen molar-refractivity contribution in [3.05, 3.63) is 34.9 Å². The molecule has 4 nitrogen and oxygen atoms in total. The summed E-state index contributed by atoms with van der Waals surface area (Å²) in [5.41, 5.74) is 1.01. The first-order chi connectivity index (χ1) is 9.56. The van der Waals surface area contributed by atoms with E-state index in [1.165, 1.54) is 0 Å². The van der Waals surface area contributed by atoms with E-state index in [-0.39, 0.29) is 11.7 Å². The van der Waals surface area contributed by atoms with Crippen LogP contribution in [-0.2, 0) is 16.1 Å². The number of Topliss-reactive ketones (excluding diaryl/α,β-unsaturated/α-hetero) is 1. The van der Waals surface area contributed by atoms with E-state index in [9.17, 15) is 9.59 Å². The Hall–Kier alpha value is -1.39. The summed E-state index contributed by atoms with van der Waals surface area (Å²) in [6, 6.07) is 7.64. The standard InChI is InChI=1S/C15H19ClN2O2/c1-17(10-12-4-2-3-5-14(12)16)11-15(20)18-8-6-13(19)7-9-18/h2-5H,6-11H2,1H3. The zero-order chi connectivity index (χ0) is 14.5. The monoisotopic (exact) mass is 294 g/mol. The van der Waals surface area contributed by atoms with Crippen LogP contribution < -0.4 is 0 Å². The summed E-state index contributed by atoms with van der Waals surface area (Å²) in [6.07, 6.45) is 0.972. The molecule has 20 heavy (non-hydrogen) atoms. The molecule has 0 spiro atoms. The van der Waals surface area contributed by atoms with E-state index in [2.05, 4.69) is 0 Å². The Kier molecular flexibility index (Phi) is 5.15. The molecule has 0 aliphatic carbocycles. The molecule has 1 heterocycles. The van der Waals surface area contributed by atoms with Gasteiger partial charge in [0.15, 0.2) is 0 Å². The lowest BCUT2D eigenvalue weighted by Crippen LogP contribution is -2.43. The Morgan fingerprint density at radius 1 is 1.30 bits per heavy atom.